The molecule has 0 fully saturated rings. The largest absolute Gasteiger partial charge is 0.276 e. The van der Waals surface area contributed by atoms with E-state index in [4.69, 9.17) is 0 Å². The van der Waals surface area contributed by atoms with Crippen LogP contribution in [0.1, 0.15) is 57.3 Å². The van der Waals surface area contributed by atoms with Crippen molar-refractivity contribution in [2.24, 2.45) is 0 Å². The van der Waals surface area contributed by atoms with Gasteiger partial charge in [0.1, 0.15) is 5.82 Å². The first-order valence-corrected chi connectivity index (χ1v) is 6.81. The van der Waals surface area contributed by atoms with Gasteiger partial charge in [0, 0.05) is 12.0 Å². The summed E-state index contributed by atoms with van der Waals surface area (Å²) in [6.07, 6.45) is 4.04. The number of rotatable bonds is 5. The summed E-state index contributed by atoms with van der Waals surface area (Å²) in [4.78, 5) is 16.5. The minimum atomic E-state index is -0.0133. The van der Waals surface area contributed by atoms with Crippen LogP contribution in [0.3, 0.4) is 0 Å². The Labute approximate surface area is 107 Å². The molecular formula is C14H21N3O. The maximum atomic E-state index is 12.0. The maximum absolute atomic E-state index is 12.0. The fraction of sp³-hybridized carbons (Fsp3) is 0.571. The SMILES string of the molecule is CCCc1cc(=O)n2[nH]c(C(CC)CC)nc2c1. The van der Waals surface area contributed by atoms with E-state index >= 15 is 0 Å². The number of aryl methyl sites for hydroxylation is 1. The van der Waals surface area contributed by atoms with E-state index in [0.717, 1.165) is 42.7 Å². The molecule has 4 heteroatoms. The Bertz CT molecular complexity index is 578. The van der Waals surface area contributed by atoms with Crippen molar-refractivity contribution in [2.75, 3.05) is 0 Å². The number of pyridine rings is 1. The fourth-order valence-electron chi connectivity index (χ4n) is 2.36. The zero-order valence-corrected chi connectivity index (χ0v) is 11.4. The number of hydrogen-bond donors (Lipinski definition) is 1. The Morgan fingerprint density at radius 1 is 1.28 bits per heavy atom. The summed E-state index contributed by atoms with van der Waals surface area (Å²) in [7, 11) is 0. The lowest BCUT2D eigenvalue weighted by Gasteiger charge is -2.06. The van der Waals surface area contributed by atoms with Gasteiger partial charge in [0.05, 0.1) is 0 Å². The molecule has 0 unspecified atom stereocenters. The number of H-pyrrole nitrogens is 1. The molecule has 0 aliphatic carbocycles. The van der Waals surface area contributed by atoms with Gasteiger partial charge in [-0.2, -0.15) is 0 Å². The van der Waals surface area contributed by atoms with Crippen LogP contribution in [-0.2, 0) is 6.42 Å². The Balaban J connectivity index is 2.50. The lowest BCUT2D eigenvalue weighted by atomic mass is 10.0. The third kappa shape index (κ3) is 2.33. The van der Waals surface area contributed by atoms with Gasteiger partial charge >= 0.3 is 0 Å². The molecule has 0 radical (unpaired) electrons. The highest BCUT2D eigenvalue weighted by atomic mass is 16.1. The number of hydrogen-bond acceptors (Lipinski definition) is 2. The molecule has 2 rings (SSSR count). The first-order chi connectivity index (χ1) is 8.69. The monoisotopic (exact) mass is 247 g/mol. The van der Waals surface area contributed by atoms with E-state index in [2.05, 4.69) is 30.9 Å². The van der Waals surface area contributed by atoms with Crippen LogP contribution in [0.25, 0.3) is 5.65 Å². The summed E-state index contributed by atoms with van der Waals surface area (Å²) in [6, 6.07) is 3.71. The van der Waals surface area contributed by atoms with Gasteiger partial charge in [-0.3, -0.25) is 9.89 Å². The van der Waals surface area contributed by atoms with Crippen molar-refractivity contribution < 1.29 is 0 Å². The quantitative estimate of drug-likeness (QED) is 0.883. The van der Waals surface area contributed by atoms with Gasteiger partial charge in [0.25, 0.3) is 5.56 Å². The Hall–Kier alpha value is -1.58. The molecule has 0 atom stereocenters. The van der Waals surface area contributed by atoms with Crippen LogP contribution in [0.5, 0.6) is 0 Å². The number of nitrogens with zero attached hydrogens (tertiary/aromatic N) is 2. The molecule has 0 bridgehead atoms. The van der Waals surface area contributed by atoms with E-state index in [9.17, 15) is 4.79 Å². The molecule has 0 aromatic carbocycles. The highest BCUT2D eigenvalue weighted by molar-refractivity contribution is 5.41. The van der Waals surface area contributed by atoms with E-state index in [1.165, 1.54) is 0 Å². The van der Waals surface area contributed by atoms with Crippen LogP contribution in [0.15, 0.2) is 16.9 Å². The summed E-state index contributed by atoms with van der Waals surface area (Å²) in [6.45, 7) is 6.40. The Morgan fingerprint density at radius 2 is 2.00 bits per heavy atom. The summed E-state index contributed by atoms with van der Waals surface area (Å²) in [5.41, 5.74) is 1.80. The van der Waals surface area contributed by atoms with Crippen molar-refractivity contribution in [3.63, 3.8) is 0 Å². The third-order valence-corrected chi connectivity index (χ3v) is 3.45. The average Bonchev–Trinajstić information content (AvgIpc) is 2.75. The molecule has 0 saturated heterocycles. The standard InChI is InChI=1S/C14H21N3O/c1-4-7-10-8-12-15-14(11(5-2)6-3)16-17(12)13(18)9-10/h8-9,11H,4-7H2,1-3H3,(H,15,16). The van der Waals surface area contributed by atoms with Gasteiger partial charge in [0.15, 0.2) is 5.65 Å². The fourth-order valence-corrected chi connectivity index (χ4v) is 2.36. The molecule has 2 heterocycles. The molecule has 0 amide bonds. The smallest absolute Gasteiger partial charge is 0.271 e. The molecule has 4 nitrogen and oxygen atoms in total. The van der Waals surface area contributed by atoms with Crippen molar-refractivity contribution in [1.29, 1.82) is 0 Å². The van der Waals surface area contributed by atoms with Gasteiger partial charge in [-0.05, 0) is 30.9 Å². The van der Waals surface area contributed by atoms with Gasteiger partial charge in [-0.25, -0.2) is 9.50 Å². The average molecular weight is 247 g/mol. The van der Waals surface area contributed by atoms with Crippen LogP contribution in [0, 0.1) is 0 Å². The molecule has 98 valence electrons. The van der Waals surface area contributed by atoms with Crippen molar-refractivity contribution in [2.45, 2.75) is 52.4 Å². The van der Waals surface area contributed by atoms with Crippen molar-refractivity contribution in [3.8, 4) is 0 Å². The first kappa shape index (κ1) is 12.9. The molecule has 0 spiro atoms. The van der Waals surface area contributed by atoms with Crippen LogP contribution in [0.4, 0.5) is 0 Å². The molecule has 0 aliphatic heterocycles. The number of fused-ring (bicyclic) bond motifs is 1. The lowest BCUT2D eigenvalue weighted by Crippen LogP contribution is -2.14. The zero-order valence-electron chi connectivity index (χ0n) is 11.4. The van der Waals surface area contributed by atoms with E-state index < -0.39 is 0 Å². The minimum Gasteiger partial charge on any atom is -0.276 e. The van der Waals surface area contributed by atoms with Gasteiger partial charge in [0.2, 0.25) is 0 Å². The molecule has 18 heavy (non-hydrogen) atoms. The lowest BCUT2D eigenvalue weighted by molar-refractivity contribution is 0.600. The summed E-state index contributed by atoms with van der Waals surface area (Å²) in [5.74, 6) is 1.32. The summed E-state index contributed by atoms with van der Waals surface area (Å²) >= 11 is 0. The zero-order chi connectivity index (χ0) is 13.1. The second-order valence-corrected chi connectivity index (χ2v) is 4.77. The normalized spacial score (nSPS) is 11.6. The predicted octanol–water partition coefficient (Wildman–Crippen LogP) is 2.88. The highest BCUT2D eigenvalue weighted by Crippen LogP contribution is 2.19. The molecule has 1 N–H and O–H groups in total. The first-order valence-electron chi connectivity index (χ1n) is 6.81. The maximum Gasteiger partial charge on any atom is 0.271 e. The van der Waals surface area contributed by atoms with Crippen LogP contribution in [-0.4, -0.2) is 14.6 Å². The number of nitrogens with one attached hydrogen (secondary N) is 1. The van der Waals surface area contributed by atoms with E-state index in [1.54, 1.807) is 10.6 Å². The second kappa shape index (κ2) is 5.38. The topological polar surface area (TPSA) is 50.2 Å². The van der Waals surface area contributed by atoms with Crippen molar-refractivity contribution in [1.82, 2.24) is 14.6 Å². The third-order valence-electron chi connectivity index (χ3n) is 3.45. The molecular weight excluding hydrogens is 226 g/mol. The Kier molecular flexibility index (Phi) is 3.84. The summed E-state index contributed by atoms with van der Waals surface area (Å²) < 4.78 is 1.55. The minimum absolute atomic E-state index is 0.0133. The Morgan fingerprint density at radius 3 is 2.61 bits per heavy atom. The highest BCUT2D eigenvalue weighted by Gasteiger charge is 2.13. The van der Waals surface area contributed by atoms with Gasteiger partial charge in [-0.1, -0.05) is 27.2 Å². The van der Waals surface area contributed by atoms with E-state index in [0.29, 0.717) is 5.92 Å². The van der Waals surface area contributed by atoms with Crippen molar-refractivity contribution in [3.05, 3.63) is 33.9 Å². The number of aromatic amines is 1. The van der Waals surface area contributed by atoms with E-state index in [1.807, 2.05) is 6.07 Å². The van der Waals surface area contributed by atoms with E-state index in [-0.39, 0.29) is 5.56 Å². The van der Waals surface area contributed by atoms with Crippen LogP contribution >= 0.6 is 0 Å². The second-order valence-electron chi connectivity index (χ2n) is 4.77. The van der Waals surface area contributed by atoms with Crippen molar-refractivity contribution >= 4 is 5.65 Å². The van der Waals surface area contributed by atoms with Gasteiger partial charge < -0.3 is 0 Å². The number of aromatic nitrogens is 3. The van der Waals surface area contributed by atoms with Crippen LogP contribution in [0.2, 0.25) is 0 Å². The molecule has 2 aromatic heterocycles. The summed E-state index contributed by atoms with van der Waals surface area (Å²) in [5, 5.41) is 3.13. The predicted molar refractivity (Wildman–Crippen MR) is 73.1 cm³/mol. The van der Waals surface area contributed by atoms with Crippen LogP contribution < -0.4 is 5.56 Å². The molecule has 0 aliphatic rings. The molecule has 2 aromatic rings. The van der Waals surface area contributed by atoms with Gasteiger partial charge in [-0.15, -0.1) is 0 Å². The molecule has 0 saturated carbocycles.